The number of aromatic nitrogens is 2. The first-order chi connectivity index (χ1) is 8.19. The Morgan fingerprint density at radius 1 is 1.59 bits per heavy atom. The van der Waals surface area contributed by atoms with Crippen molar-refractivity contribution in [3.8, 4) is 0 Å². The quantitative estimate of drug-likeness (QED) is 0.757. The maximum atomic E-state index is 11.8. The minimum absolute atomic E-state index is 0.351. The summed E-state index contributed by atoms with van der Waals surface area (Å²) in [6.45, 7) is 4.29. The minimum Gasteiger partial charge on any atom is -0.299 e. The Balaban J connectivity index is 1.85. The van der Waals surface area contributed by atoms with E-state index in [1.807, 2.05) is 16.9 Å². The molecule has 94 valence electrons. The fourth-order valence-electron chi connectivity index (χ4n) is 2.20. The van der Waals surface area contributed by atoms with Crippen LogP contribution in [-0.2, 0) is 11.2 Å². The van der Waals surface area contributed by atoms with Crippen molar-refractivity contribution >= 4 is 5.78 Å². The third kappa shape index (κ3) is 3.18. The van der Waals surface area contributed by atoms with Crippen LogP contribution in [0.5, 0.6) is 0 Å². The summed E-state index contributed by atoms with van der Waals surface area (Å²) in [6.07, 6.45) is 8.12. The monoisotopic (exact) mass is 234 g/mol. The lowest BCUT2D eigenvalue weighted by Gasteiger charge is -2.24. The first kappa shape index (κ1) is 12.3. The van der Waals surface area contributed by atoms with Crippen LogP contribution in [0, 0.1) is 5.92 Å². The summed E-state index contributed by atoms with van der Waals surface area (Å²) >= 11 is 0. The van der Waals surface area contributed by atoms with Gasteiger partial charge >= 0.3 is 0 Å². The van der Waals surface area contributed by atoms with Crippen molar-refractivity contribution in [1.82, 2.24) is 9.78 Å². The average molecular weight is 234 g/mol. The van der Waals surface area contributed by atoms with E-state index in [4.69, 9.17) is 0 Å². The van der Waals surface area contributed by atoms with E-state index in [2.05, 4.69) is 18.9 Å². The van der Waals surface area contributed by atoms with Crippen LogP contribution in [0.1, 0.15) is 57.7 Å². The predicted molar refractivity (Wildman–Crippen MR) is 67.9 cm³/mol. The lowest BCUT2D eigenvalue weighted by Crippen LogP contribution is -2.17. The van der Waals surface area contributed by atoms with Crippen LogP contribution < -0.4 is 0 Å². The average Bonchev–Trinajstić information content (AvgIpc) is 2.71. The van der Waals surface area contributed by atoms with Gasteiger partial charge in [0.05, 0.1) is 12.1 Å². The molecule has 1 saturated carbocycles. The second-order valence-electron chi connectivity index (χ2n) is 5.26. The molecule has 1 aliphatic rings. The summed E-state index contributed by atoms with van der Waals surface area (Å²) in [6, 6.07) is 2.40. The maximum absolute atomic E-state index is 11.8. The Hall–Kier alpha value is -1.12. The number of Topliss-reactive ketones (excluding diaryl/α,β-unsaturated/α-hetero) is 1. The highest BCUT2D eigenvalue weighted by Gasteiger charge is 2.21. The summed E-state index contributed by atoms with van der Waals surface area (Å²) in [5, 5.41) is 4.47. The van der Waals surface area contributed by atoms with Gasteiger partial charge in [-0.15, -0.1) is 0 Å². The topological polar surface area (TPSA) is 34.9 Å². The highest BCUT2D eigenvalue weighted by molar-refractivity contribution is 5.80. The van der Waals surface area contributed by atoms with E-state index in [0.29, 0.717) is 24.2 Å². The van der Waals surface area contributed by atoms with Gasteiger partial charge in [0.25, 0.3) is 0 Å². The van der Waals surface area contributed by atoms with Crippen molar-refractivity contribution in [1.29, 1.82) is 0 Å². The normalized spacial score (nSPS) is 17.8. The molecule has 1 aromatic rings. The van der Waals surface area contributed by atoms with Crippen molar-refractivity contribution in [2.24, 2.45) is 5.92 Å². The Bertz CT molecular complexity index is 379. The highest BCUT2D eigenvalue weighted by Crippen LogP contribution is 2.29. The first-order valence-electron chi connectivity index (χ1n) is 6.74. The Kier molecular flexibility index (Phi) is 3.97. The van der Waals surface area contributed by atoms with Gasteiger partial charge < -0.3 is 0 Å². The first-order valence-corrected chi connectivity index (χ1v) is 6.74. The molecule has 0 aromatic carbocycles. The van der Waals surface area contributed by atoms with Crippen LogP contribution >= 0.6 is 0 Å². The summed E-state index contributed by atoms with van der Waals surface area (Å²) < 4.78 is 1.96. The smallest absolute Gasteiger partial charge is 0.139 e. The van der Waals surface area contributed by atoms with E-state index in [1.54, 1.807) is 0 Å². The second kappa shape index (κ2) is 5.48. The van der Waals surface area contributed by atoms with E-state index in [1.165, 1.54) is 19.3 Å². The minimum atomic E-state index is 0.351. The standard InChI is InChI=1S/C14H22N2O/c1-3-11(2)16-8-7-13(15-16)10-14(17)9-12-5-4-6-12/h7-8,11-12H,3-6,9-10H2,1-2H3. The van der Waals surface area contributed by atoms with Crippen LogP contribution in [0.15, 0.2) is 12.3 Å². The van der Waals surface area contributed by atoms with Gasteiger partial charge in [0.15, 0.2) is 0 Å². The molecule has 2 rings (SSSR count). The van der Waals surface area contributed by atoms with Gasteiger partial charge in [0, 0.05) is 18.7 Å². The molecule has 0 amide bonds. The molecule has 0 N–H and O–H groups in total. The SMILES string of the molecule is CCC(C)n1ccc(CC(=O)CC2CCC2)n1. The Labute approximate surface area is 103 Å². The molecule has 0 spiro atoms. The van der Waals surface area contributed by atoms with Gasteiger partial charge in [-0.3, -0.25) is 9.48 Å². The molecule has 1 heterocycles. The lowest BCUT2D eigenvalue weighted by atomic mass is 9.81. The van der Waals surface area contributed by atoms with Gasteiger partial charge in [-0.1, -0.05) is 26.2 Å². The van der Waals surface area contributed by atoms with Crippen molar-refractivity contribution in [2.45, 2.75) is 58.4 Å². The van der Waals surface area contributed by atoms with Crippen molar-refractivity contribution in [3.63, 3.8) is 0 Å². The molecule has 3 heteroatoms. The molecule has 0 radical (unpaired) electrons. The molecule has 1 aromatic heterocycles. The largest absolute Gasteiger partial charge is 0.299 e. The maximum Gasteiger partial charge on any atom is 0.139 e. The van der Waals surface area contributed by atoms with Crippen LogP contribution in [0.2, 0.25) is 0 Å². The summed E-state index contributed by atoms with van der Waals surface area (Å²) in [5.41, 5.74) is 0.926. The summed E-state index contributed by atoms with van der Waals surface area (Å²) in [4.78, 5) is 11.8. The van der Waals surface area contributed by atoms with E-state index in [9.17, 15) is 4.79 Å². The molecule has 0 saturated heterocycles. The second-order valence-corrected chi connectivity index (χ2v) is 5.26. The summed E-state index contributed by atoms with van der Waals surface area (Å²) in [5.74, 6) is 1.02. The number of carbonyl (C=O) groups excluding carboxylic acids is 1. The van der Waals surface area contributed by atoms with E-state index >= 15 is 0 Å². The van der Waals surface area contributed by atoms with E-state index in [-0.39, 0.29) is 0 Å². The molecule has 1 aliphatic carbocycles. The molecular weight excluding hydrogens is 212 g/mol. The number of rotatable bonds is 6. The van der Waals surface area contributed by atoms with Crippen molar-refractivity contribution in [2.75, 3.05) is 0 Å². The number of nitrogens with zero attached hydrogens (tertiary/aromatic N) is 2. The zero-order valence-electron chi connectivity index (χ0n) is 10.9. The van der Waals surface area contributed by atoms with Gasteiger partial charge in [0.2, 0.25) is 0 Å². The van der Waals surface area contributed by atoms with Crippen LogP contribution in [0.3, 0.4) is 0 Å². The highest BCUT2D eigenvalue weighted by atomic mass is 16.1. The van der Waals surface area contributed by atoms with E-state index in [0.717, 1.165) is 18.5 Å². The lowest BCUT2D eigenvalue weighted by molar-refractivity contribution is -0.119. The number of hydrogen-bond donors (Lipinski definition) is 0. The van der Waals surface area contributed by atoms with Crippen molar-refractivity contribution in [3.05, 3.63) is 18.0 Å². The van der Waals surface area contributed by atoms with E-state index < -0.39 is 0 Å². The molecule has 0 aliphatic heterocycles. The molecule has 1 fully saturated rings. The zero-order chi connectivity index (χ0) is 12.3. The molecular formula is C14H22N2O. The molecule has 1 unspecified atom stereocenters. The Morgan fingerprint density at radius 3 is 2.94 bits per heavy atom. The molecule has 3 nitrogen and oxygen atoms in total. The van der Waals surface area contributed by atoms with Crippen molar-refractivity contribution < 1.29 is 4.79 Å². The van der Waals surface area contributed by atoms with Gasteiger partial charge in [-0.05, 0) is 25.3 Å². The zero-order valence-corrected chi connectivity index (χ0v) is 10.9. The fraction of sp³-hybridized carbons (Fsp3) is 0.714. The molecule has 17 heavy (non-hydrogen) atoms. The van der Waals surface area contributed by atoms with Crippen LogP contribution in [0.4, 0.5) is 0 Å². The summed E-state index contributed by atoms with van der Waals surface area (Å²) in [7, 11) is 0. The van der Waals surface area contributed by atoms with Gasteiger partial charge in [0.1, 0.15) is 5.78 Å². The van der Waals surface area contributed by atoms with Crippen LogP contribution in [0.25, 0.3) is 0 Å². The fourth-order valence-corrected chi connectivity index (χ4v) is 2.20. The number of hydrogen-bond acceptors (Lipinski definition) is 2. The van der Waals surface area contributed by atoms with Crippen LogP contribution in [-0.4, -0.2) is 15.6 Å². The third-order valence-electron chi connectivity index (χ3n) is 3.83. The number of carbonyl (C=O) groups is 1. The molecule has 0 bridgehead atoms. The third-order valence-corrected chi connectivity index (χ3v) is 3.83. The number of ketones is 1. The Morgan fingerprint density at radius 2 is 2.35 bits per heavy atom. The van der Waals surface area contributed by atoms with Gasteiger partial charge in [-0.2, -0.15) is 5.10 Å². The predicted octanol–water partition coefficient (Wildman–Crippen LogP) is 3.16. The van der Waals surface area contributed by atoms with Gasteiger partial charge in [-0.25, -0.2) is 0 Å². The molecule has 1 atom stereocenters.